The van der Waals surface area contributed by atoms with E-state index in [1.165, 1.54) is 5.56 Å². The molecule has 3 aromatic carbocycles. The van der Waals surface area contributed by atoms with Gasteiger partial charge in [-0.05, 0) is 48.0 Å². The fourth-order valence-electron chi connectivity index (χ4n) is 4.05. The van der Waals surface area contributed by atoms with E-state index in [9.17, 15) is 4.79 Å². The summed E-state index contributed by atoms with van der Waals surface area (Å²) < 4.78 is 10.8. The number of nitrogens with one attached hydrogen (secondary N) is 2. The maximum Gasteiger partial charge on any atom is 0.253 e. The van der Waals surface area contributed by atoms with Gasteiger partial charge in [0.15, 0.2) is 16.6 Å². The Kier molecular flexibility index (Phi) is 7.67. The van der Waals surface area contributed by atoms with Gasteiger partial charge in [-0.3, -0.25) is 4.79 Å². The molecule has 1 heterocycles. The molecule has 0 bridgehead atoms. The first-order valence-corrected chi connectivity index (χ1v) is 11.9. The number of para-hydroxylation sites is 1. The number of hydrogen-bond donors (Lipinski definition) is 2. The predicted octanol–water partition coefficient (Wildman–Crippen LogP) is 5.51. The van der Waals surface area contributed by atoms with Crippen LogP contribution in [0.15, 0.2) is 77.6 Å². The summed E-state index contributed by atoms with van der Waals surface area (Å²) in [5.74, 6) is 1.17. The summed E-state index contributed by atoms with van der Waals surface area (Å²) in [5, 5.41) is 4.81. The van der Waals surface area contributed by atoms with Crippen molar-refractivity contribution in [3.05, 3.63) is 99.8 Å². The van der Waals surface area contributed by atoms with Gasteiger partial charge in [0, 0.05) is 29.2 Å². The molecule has 7 heteroatoms. The van der Waals surface area contributed by atoms with Crippen LogP contribution in [-0.4, -0.2) is 29.2 Å². The number of aromatic nitrogens is 1. The van der Waals surface area contributed by atoms with Crippen LogP contribution >= 0.6 is 12.2 Å². The average Bonchev–Trinajstić information content (AvgIpc) is 2.88. The van der Waals surface area contributed by atoms with Gasteiger partial charge < -0.3 is 24.7 Å². The summed E-state index contributed by atoms with van der Waals surface area (Å²) in [5.41, 5.74) is 4.38. The van der Waals surface area contributed by atoms with Crippen LogP contribution in [0.1, 0.15) is 23.6 Å². The molecule has 0 atom stereocenters. The lowest BCUT2D eigenvalue weighted by Gasteiger charge is -2.27. The van der Waals surface area contributed by atoms with Crippen molar-refractivity contribution in [2.45, 2.75) is 26.4 Å². The number of aryl methyl sites for hydroxylation is 1. The van der Waals surface area contributed by atoms with Gasteiger partial charge in [0.25, 0.3) is 5.56 Å². The predicted molar refractivity (Wildman–Crippen MR) is 145 cm³/mol. The molecule has 0 radical (unpaired) electrons. The first kappa shape index (κ1) is 24.3. The zero-order valence-electron chi connectivity index (χ0n) is 20.1. The Labute approximate surface area is 210 Å². The molecule has 35 heavy (non-hydrogen) atoms. The highest BCUT2D eigenvalue weighted by atomic mass is 32.1. The van der Waals surface area contributed by atoms with Crippen molar-refractivity contribution in [2.24, 2.45) is 0 Å². The molecule has 0 aliphatic carbocycles. The van der Waals surface area contributed by atoms with Crippen molar-refractivity contribution >= 4 is 33.9 Å². The molecule has 2 N–H and O–H groups in total. The van der Waals surface area contributed by atoms with E-state index in [0.717, 1.165) is 23.1 Å². The summed E-state index contributed by atoms with van der Waals surface area (Å²) in [6.07, 6.45) is 0.889. The van der Waals surface area contributed by atoms with E-state index in [4.69, 9.17) is 21.7 Å². The number of nitrogens with zero attached hydrogens (tertiary/aromatic N) is 1. The maximum absolute atomic E-state index is 13.0. The molecule has 0 amide bonds. The molecule has 0 unspecified atom stereocenters. The second kappa shape index (κ2) is 11.1. The molecule has 0 spiro atoms. The minimum absolute atomic E-state index is 0.167. The van der Waals surface area contributed by atoms with Gasteiger partial charge in [0.2, 0.25) is 0 Å². The molecule has 0 saturated carbocycles. The Bertz CT molecular complexity index is 1390. The Hall–Kier alpha value is -3.84. The monoisotopic (exact) mass is 487 g/mol. The minimum atomic E-state index is -0.167. The Morgan fingerprint density at radius 3 is 2.31 bits per heavy atom. The van der Waals surface area contributed by atoms with Crippen LogP contribution in [0.25, 0.3) is 10.9 Å². The van der Waals surface area contributed by atoms with Crippen LogP contribution in [0.4, 0.5) is 5.69 Å². The molecule has 1 aromatic heterocycles. The summed E-state index contributed by atoms with van der Waals surface area (Å²) in [7, 11) is 3.17. The van der Waals surface area contributed by atoms with Gasteiger partial charge >= 0.3 is 0 Å². The molecule has 0 fully saturated rings. The van der Waals surface area contributed by atoms with Crippen molar-refractivity contribution in [2.75, 3.05) is 19.5 Å². The van der Waals surface area contributed by atoms with Gasteiger partial charge in [-0.15, -0.1) is 0 Å². The first-order chi connectivity index (χ1) is 17.0. The van der Waals surface area contributed by atoms with Crippen molar-refractivity contribution in [1.82, 2.24) is 9.88 Å². The molecule has 0 aliphatic heterocycles. The summed E-state index contributed by atoms with van der Waals surface area (Å²) in [6, 6.07) is 23.7. The van der Waals surface area contributed by atoms with Gasteiger partial charge in [0.1, 0.15) is 0 Å². The number of fused-ring (bicyclic) bond motifs is 1. The third-order valence-corrected chi connectivity index (χ3v) is 6.29. The van der Waals surface area contributed by atoms with Crippen LogP contribution in [-0.2, 0) is 19.5 Å². The fourth-order valence-corrected chi connectivity index (χ4v) is 4.29. The van der Waals surface area contributed by atoms with E-state index in [1.54, 1.807) is 20.3 Å². The zero-order valence-corrected chi connectivity index (χ0v) is 20.9. The number of benzene rings is 3. The molecule has 0 saturated heterocycles. The van der Waals surface area contributed by atoms with E-state index < -0.39 is 0 Å². The lowest BCUT2D eigenvalue weighted by atomic mass is 10.1. The second-order valence-electron chi connectivity index (χ2n) is 8.20. The highest BCUT2D eigenvalue weighted by molar-refractivity contribution is 7.80. The van der Waals surface area contributed by atoms with E-state index in [-0.39, 0.29) is 5.56 Å². The van der Waals surface area contributed by atoms with Crippen LogP contribution in [0.5, 0.6) is 11.5 Å². The molecule has 0 aliphatic rings. The number of ether oxygens (including phenoxy) is 2. The number of rotatable bonds is 8. The first-order valence-electron chi connectivity index (χ1n) is 11.5. The lowest BCUT2D eigenvalue weighted by Crippen LogP contribution is -2.35. The number of aromatic amines is 1. The number of H-pyrrole nitrogens is 1. The molecular weight excluding hydrogens is 458 g/mol. The van der Waals surface area contributed by atoms with Crippen LogP contribution < -0.4 is 20.3 Å². The van der Waals surface area contributed by atoms with E-state index in [2.05, 4.69) is 35.4 Å². The normalized spacial score (nSPS) is 10.7. The molecule has 6 nitrogen and oxygen atoms in total. The third-order valence-electron chi connectivity index (χ3n) is 5.93. The standard InChI is InChI=1S/C28H29N3O3S/c1-4-20-12-8-9-13-23(20)30-28(35)31(17-19-10-6-5-7-11-19)18-22-14-21-15-25(33-2)26(34-3)16-24(21)29-27(22)32/h5-16H,4,17-18H2,1-3H3,(H,29,32)(H,30,35). The van der Waals surface area contributed by atoms with Crippen molar-refractivity contribution in [3.8, 4) is 11.5 Å². The third kappa shape index (κ3) is 5.63. The highest BCUT2D eigenvalue weighted by Gasteiger charge is 2.16. The van der Waals surface area contributed by atoms with Gasteiger partial charge in [-0.1, -0.05) is 55.5 Å². The number of pyridine rings is 1. The number of hydrogen-bond acceptors (Lipinski definition) is 4. The SMILES string of the molecule is CCc1ccccc1NC(=S)N(Cc1ccccc1)Cc1cc2cc(OC)c(OC)cc2[nH]c1=O. The van der Waals surface area contributed by atoms with Gasteiger partial charge in [-0.2, -0.15) is 0 Å². The Morgan fingerprint density at radius 1 is 0.914 bits per heavy atom. The van der Waals surface area contributed by atoms with Gasteiger partial charge in [-0.25, -0.2) is 0 Å². The summed E-state index contributed by atoms with van der Waals surface area (Å²) in [4.78, 5) is 18.0. The van der Waals surface area contributed by atoms with Crippen molar-refractivity contribution < 1.29 is 9.47 Å². The zero-order chi connectivity index (χ0) is 24.8. The largest absolute Gasteiger partial charge is 0.493 e. The maximum atomic E-state index is 13.0. The summed E-state index contributed by atoms with van der Waals surface area (Å²) >= 11 is 5.84. The molecular formula is C28H29N3O3S. The smallest absolute Gasteiger partial charge is 0.253 e. The number of thiocarbonyl (C=S) groups is 1. The molecule has 4 rings (SSSR count). The molecule has 4 aromatic rings. The second-order valence-corrected chi connectivity index (χ2v) is 8.59. The van der Waals surface area contributed by atoms with E-state index >= 15 is 0 Å². The molecule has 180 valence electrons. The minimum Gasteiger partial charge on any atom is -0.493 e. The van der Waals surface area contributed by atoms with Crippen LogP contribution in [0.2, 0.25) is 0 Å². The van der Waals surface area contributed by atoms with Crippen molar-refractivity contribution in [3.63, 3.8) is 0 Å². The Balaban J connectivity index is 1.68. The fraction of sp³-hybridized carbons (Fsp3) is 0.214. The van der Waals surface area contributed by atoms with Crippen LogP contribution in [0.3, 0.4) is 0 Å². The Morgan fingerprint density at radius 2 is 1.60 bits per heavy atom. The average molecular weight is 488 g/mol. The lowest BCUT2D eigenvalue weighted by molar-refractivity contribution is 0.355. The van der Waals surface area contributed by atoms with E-state index in [1.807, 2.05) is 53.4 Å². The van der Waals surface area contributed by atoms with Gasteiger partial charge in [0.05, 0.1) is 26.3 Å². The summed E-state index contributed by atoms with van der Waals surface area (Å²) in [6.45, 7) is 3.02. The number of anilines is 1. The quantitative estimate of drug-likeness (QED) is 0.320. The van der Waals surface area contributed by atoms with Crippen LogP contribution in [0, 0.1) is 0 Å². The highest BCUT2D eigenvalue weighted by Crippen LogP contribution is 2.31. The topological polar surface area (TPSA) is 66.6 Å². The number of methoxy groups -OCH3 is 2. The van der Waals surface area contributed by atoms with Crippen molar-refractivity contribution in [1.29, 1.82) is 0 Å². The van der Waals surface area contributed by atoms with E-state index in [0.29, 0.717) is 40.8 Å².